The fourth-order valence-electron chi connectivity index (χ4n) is 3.92. The van der Waals surface area contributed by atoms with Gasteiger partial charge in [-0.25, -0.2) is 9.78 Å². The van der Waals surface area contributed by atoms with Crippen LogP contribution in [0.15, 0.2) is 18.5 Å². The van der Waals surface area contributed by atoms with Crippen molar-refractivity contribution in [2.75, 3.05) is 18.4 Å². The number of fused-ring (bicyclic) bond motifs is 1. The summed E-state index contributed by atoms with van der Waals surface area (Å²) < 4.78 is 0. The Kier molecular flexibility index (Phi) is 4.22. The Labute approximate surface area is 159 Å². The zero-order valence-electron chi connectivity index (χ0n) is 16.0. The number of nitrogens with one attached hydrogen (secondary N) is 3. The van der Waals surface area contributed by atoms with E-state index in [-0.39, 0.29) is 23.4 Å². The minimum Gasteiger partial charge on any atom is -0.378 e. The van der Waals surface area contributed by atoms with Crippen LogP contribution in [0.3, 0.4) is 0 Å². The molecule has 0 spiro atoms. The number of urea groups is 1. The van der Waals surface area contributed by atoms with Crippen molar-refractivity contribution in [3.8, 4) is 6.07 Å². The van der Waals surface area contributed by atoms with E-state index in [1.165, 1.54) is 0 Å². The Morgan fingerprint density at radius 2 is 2.15 bits per heavy atom. The molecular formula is C20H26N6O. The third kappa shape index (κ3) is 3.44. The predicted molar refractivity (Wildman–Crippen MR) is 104 cm³/mol. The van der Waals surface area contributed by atoms with E-state index in [1.54, 1.807) is 6.20 Å². The lowest BCUT2D eigenvalue weighted by molar-refractivity contribution is 0.196. The Hall–Kier alpha value is -2.75. The molecule has 2 fully saturated rings. The summed E-state index contributed by atoms with van der Waals surface area (Å²) in [5.74, 6) is 0.274. The van der Waals surface area contributed by atoms with Crippen LogP contribution in [0.2, 0.25) is 0 Å². The molecule has 0 aromatic carbocycles. The molecule has 142 valence electrons. The van der Waals surface area contributed by atoms with E-state index in [0.717, 1.165) is 29.6 Å². The molecule has 2 aliphatic rings. The number of anilines is 1. The van der Waals surface area contributed by atoms with Gasteiger partial charge in [-0.1, -0.05) is 20.8 Å². The molecule has 1 aliphatic heterocycles. The van der Waals surface area contributed by atoms with Gasteiger partial charge in [0.25, 0.3) is 0 Å². The van der Waals surface area contributed by atoms with Gasteiger partial charge in [0.1, 0.15) is 11.7 Å². The van der Waals surface area contributed by atoms with E-state index in [1.807, 2.05) is 17.2 Å². The van der Waals surface area contributed by atoms with E-state index in [4.69, 9.17) is 0 Å². The first-order valence-electron chi connectivity index (χ1n) is 9.55. The van der Waals surface area contributed by atoms with Crippen LogP contribution in [0, 0.1) is 22.7 Å². The van der Waals surface area contributed by atoms with Gasteiger partial charge in [-0.05, 0) is 24.3 Å². The predicted octanol–water partition coefficient (Wildman–Crippen LogP) is 3.06. The van der Waals surface area contributed by atoms with Crippen molar-refractivity contribution in [2.45, 2.75) is 45.7 Å². The van der Waals surface area contributed by atoms with Gasteiger partial charge in [0, 0.05) is 48.9 Å². The number of nitrogens with zero attached hydrogens (tertiary/aromatic N) is 3. The van der Waals surface area contributed by atoms with Crippen LogP contribution in [-0.2, 0) is 0 Å². The highest BCUT2D eigenvalue weighted by atomic mass is 16.2. The minimum atomic E-state index is 0.0260. The summed E-state index contributed by atoms with van der Waals surface area (Å²) in [6, 6.07) is 4.62. The van der Waals surface area contributed by atoms with Crippen LogP contribution in [0.5, 0.6) is 0 Å². The maximum atomic E-state index is 12.6. The van der Waals surface area contributed by atoms with Crippen molar-refractivity contribution in [2.24, 2.45) is 11.3 Å². The number of aromatic nitrogens is 2. The molecular weight excluding hydrogens is 340 g/mol. The lowest BCUT2D eigenvalue weighted by Gasteiger charge is -2.32. The van der Waals surface area contributed by atoms with Crippen LogP contribution >= 0.6 is 0 Å². The number of hydrogen-bond acceptors (Lipinski definition) is 4. The number of carbonyl (C=O) groups excluding carboxylic acids is 1. The number of H-pyrrole nitrogens is 1. The molecule has 1 saturated heterocycles. The summed E-state index contributed by atoms with van der Waals surface area (Å²) in [6.07, 6.45) is 5.59. The fraction of sp³-hybridized carbons (Fsp3) is 0.550. The van der Waals surface area contributed by atoms with Crippen molar-refractivity contribution in [3.05, 3.63) is 24.0 Å². The average Bonchev–Trinajstić information content (AvgIpc) is 3.12. The Morgan fingerprint density at radius 1 is 1.37 bits per heavy atom. The minimum absolute atomic E-state index is 0.0260. The highest BCUT2D eigenvalue weighted by Crippen LogP contribution is 2.37. The van der Waals surface area contributed by atoms with Crippen LogP contribution in [-0.4, -0.2) is 46.1 Å². The second-order valence-corrected chi connectivity index (χ2v) is 8.75. The van der Waals surface area contributed by atoms with Gasteiger partial charge in [0.2, 0.25) is 0 Å². The molecule has 2 amide bonds. The van der Waals surface area contributed by atoms with Crippen molar-refractivity contribution in [3.63, 3.8) is 0 Å². The first kappa shape index (κ1) is 17.7. The molecule has 27 heavy (non-hydrogen) atoms. The highest BCUT2D eigenvalue weighted by Gasteiger charge is 2.42. The van der Waals surface area contributed by atoms with E-state index in [0.29, 0.717) is 24.7 Å². The van der Waals surface area contributed by atoms with E-state index in [9.17, 15) is 10.1 Å². The number of carbonyl (C=O) groups is 1. The molecule has 1 saturated carbocycles. The number of rotatable bonds is 3. The topological polar surface area (TPSA) is 96.8 Å². The maximum Gasteiger partial charge on any atom is 0.317 e. The molecule has 2 aromatic heterocycles. The average molecular weight is 366 g/mol. The highest BCUT2D eigenvalue weighted by molar-refractivity contribution is 5.92. The lowest BCUT2D eigenvalue weighted by Crippen LogP contribution is -2.40. The van der Waals surface area contributed by atoms with E-state index < -0.39 is 0 Å². The number of pyridine rings is 1. The molecule has 3 heterocycles. The third-order valence-electron chi connectivity index (χ3n) is 5.66. The smallest absolute Gasteiger partial charge is 0.317 e. The number of amides is 2. The largest absolute Gasteiger partial charge is 0.378 e. The first-order chi connectivity index (χ1) is 12.9. The summed E-state index contributed by atoms with van der Waals surface area (Å²) >= 11 is 0. The summed E-state index contributed by atoms with van der Waals surface area (Å²) in [7, 11) is 0. The second-order valence-electron chi connectivity index (χ2n) is 8.75. The second kappa shape index (κ2) is 6.45. The van der Waals surface area contributed by atoms with Crippen LogP contribution in [0.25, 0.3) is 11.0 Å². The first-order valence-corrected chi connectivity index (χ1v) is 9.55. The Morgan fingerprint density at radius 3 is 2.81 bits per heavy atom. The van der Waals surface area contributed by atoms with Crippen molar-refractivity contribution >= 4 is 22.8 Å². The quantitative estimate of drug-likeness (QED) is 0.778. The molecule has 1 aliphatic carbocycles. The molecule has 3 N–H and O–H groups in total. The maximum absolute atomic E-state index is 12.6. The van der Waals surface area contributed by atoms with Gasteiger partial charge in [-0.2, -0.15) is 5.26 Å². The normalized spacial score (nSPS) is 22.7. The zero-order chi connectivity index (χ0) is 19.2. The van der Waals surface area contributed by atoms with E-state index in [2.05, 4.69) is 47.4 Å². The van der Waals surface area contributed by atoms with Gasteiger partial charge >= 0.3 is 6.03 Å². The zero-order valence-corrected chi connectivity index (χ0v) is 16.0. The molecule has 7 heteroatoms. The van der Waals surface area contributed by atoms with Gasteiger partial charge in [-0.15, -0.1) is 0 Å². The molecule has 2 aromatic rings. The molecule has 0 bridgehead atoms. The molecule has 4 rings (SSSR count). The molecule has 7 nitrogen and oxygen atoms in total. The Bertz CT molecular complexity index is 901. The molecule has 2 atom stereocenters. The lowest BCUT2D eigenvalue weighted by atomic mass is 9.78. The number of likely N-dealkylation sites (tertiary alicyclic amines) is 1. The number of hydrogen-bond donors (Lipinski definition) is 3. The van der Waals surface area contributed by atoms with Crippen molar-refractivity contribution in [1.82, 2.24) is 20.2 Å². The van der Waals surface area contributed by atoms with Gasteiger partial charge < -0.3 is 20.5 Å². The number of aromatic amines is 1. The van der Waals surface area contributed by atoms with Gasteiger partial charge in [0.05, 0.1) is 11.3 Å². The van der Waals surface area contributed by atoms with Crippen molar-refractivity contribution < 1.29 is 4.79 Å². The summed E-state index contributed by atoms with van der Waals surface area (Å²) in [5, 5.41) is 17.1. The third-order valence-corrected chi connectivity index (χ3v) is 5.66. The number of nitriles is 1. The van der Waals surface area contributed by atoms with Crippen LogP contribution < -0.4 is 10.6 Å². The van der Waals surface area contributed by atoms with Crippen LogP contribution in [0.1, 0.15) is 39.2 Å². The molecule has 0 unspecified atom stereocenters. The van der Waals surface area contributed by atoms with Gasteiger partial charge in [0.15, 0.2) is 0 Å². The monoisotopic (exact) mass is 366 g/mol. The Balaban J connectivity index is 1.62. The fourth-order valence-corrected chi connectivity index (χ4v) is 3.92. The summed E-state index contributed by atoms with van der Waals surface area (Å²) in [4.78, 5) is 21.9. The summed E-state index contributed by atoms with van der Waals surface area (Å²) in [5.41, 5.74) is 2.11. The summed E-state index contributed by atoms with van der Waals surface area (Å²) in [6.45, 7) is 7.96. The van der Waals surface area contributed by atoms with Crippen molar-refractivity contribution in [1.29, 1.82) is 5.26 Å². The van der Waals surface area contributed by atoms with E-state index >= 15 is 0 Å². The van der Waals surface area contributed by atoms with Crippen LogP contribution in [0.4, 0.5) is 10.5 Å². The SMILES string of the molecule is CC(C)(C)[C@@H]1CN(C(=O)NC2CC2)C[C@@H]1Nc1c(C#N)cnc2[nH]ccc12. The molecule has 0 radical (unpaired) electrons. The standard InChI is InChI=1S/C20H26N6O/c1-20(2,3)15-10-26(19(27)24-13-4-5-13)11-16(15)25-17-12(8-21)9-23-18-14(17)6-7-22-18/h6-7,9,13,15-16H,4-5,10-11H2,1-3H3,(H,24,27)(H2,22,23,25)/t15-,16+/m1/s1. The van der Waals surface area contributed by atoms with Gasteiger partial charge in [-0.3, -0.25) is 0 Å².